The molecule has 2 aliphatic carbocycles. The molecule has 21 heavy (non-hydrogen) atoms. The van der Waals surface area contributed by atoms with Gasteiger partial charge in [0.1, 0.15) is 18.0 Å². The van der Waals surface area contributed by atoms with E-state index in [1.54, 1.807) is 0 Å². The third-order valence-corrected chi connectivity index (χ3v) is 6.37. The maximum atomic E-state index is 10.5. The molecule has 3 nitrogen and oxygen atoms in total. The van der Waals surface area contributed by atoms with E-state index in [0.29, 0.717) is 12.0 Å². The van der Waals surface area contributed by atoms with Gasteiger partial charge in [-0.2, -0.15) is 0 Å². The molecule has 5 rings (SSSR count). The van der Waals surface area contributed by atoms with Gasteiger partial charge in [0.25, 0.3) is 0 Å². The second-order valence-corrected chi connectivity index (χ2v) is 7.23. The molecule has 1 spiro atoms. The number of hydrogen-bond acceptors (Lipinski definition) is 3. The number of aliphatic hydroxyl groups excluding tert-OH is 1. The van der Waals surface area contributed by atoms with Crippen molar-refractivity contribution in [3.63, 3.8) is 0 Å². The second-order valence-electron chi connectivity index (χ2n) is 7.23. The first-order valence-corrected chi connectivity index (χ1v) is 7.99. The Balaban J connectivity index is 1.84. The summed E-state index contributed by atoms with van der Waals surface area (Å²) in [6.07, 6.45) is 5.83. The van der Waals surface area contributed by atoms with E-state index in [1.807, 2.05) is 6.08 Å². The Kier molecular flexibility index (Phi) is 2.16. The van der Waals surface area contributed by atoms with Crippen molar-refractivity contribution in [3.05, 3.63) is 41.0 Å². The molecule has 1 unspecified atom stereocenters. The summed E-state index contributed by atoms with van der Waals surface area (Å²) in [5, 5.41) is 10.5. The topological polar surface area (TPSA) is 32.7 Å². The Morgan fingerprint density at radius 1 is 1.33 bits per heavy atom. The van der Waals surface area contributed by atoms with Gasteiger partial charge in [-0.15, -0.1) is 0 Å². The molecule has 0 radical (unpaired) electrons. The van der Waals surface area contributed by atoms with E-state index in [4.69, 9.17) is 4.74 Å². The SMILES string of the molecule is Cc1ccc2c3c1OC1[C@@H](O)C=C[C@H]4[C@@H](C2)N(C)CC[C@]314. The summed E-state index contributed by atoms with van der Waals surface area (Å²) in [7, 11) is 2.24. The standard InChI is InChI=1S/C18H21NO2/c1-10-3-4-11-9-13-12-5-6-14(20)17-18(12,7-8-19(13)2)15(11)16(10)21-17/h3-6,12-14,17,20H,7-9H2,1-2H3/t12-,13+,14-,17?,18-/m0/s1. The van der Waals surface area contributed by atoms with Crippen LogP contribution >= 0.6 is 0 Å². The lowest BCUT2D eigenvalue weighted by Crippen LogP contribution is -2.64. The van der Waals surface area contributed by atoms with Crippen LogP contribution in [0.4, 0.5) is 0 Å². The number of aliphatic hydroxyl groups is 1. The van der Waals surface area contributed by atoms with Gasteiger partial charge in [0.2, 0.25) is 0 Å². The highest BCUT2D eigenvalue weighted by Crippen LogP contribution is 2.61. The molecule has 2 aliphatic heterocycles. The Labute approximate surface area is 125 Å². The molecule has 3 heteroatoms. The molecule has 4 aliphatic rings. The van der Waals surface area contributed by atoms with Gasteiger partial charge < -0.3 is 14.7 Å². The number of likely N-dealkylation sites (tertiary alicyclic amines) is 1. The van der Waals surface area contributed by atoms with Gasteiger partial charge >= 0.3 is 0 Å². The summed E-state index contributed by atoms with van der Waals surface area (Å²) in [6, 6.07) is 5.00. The van der Waals surface area contributed by atoms with Crippen LogP contribution in [-0.4, -0.2) is 41.8 Å². The van der Waals surface area contributed by atoms with E-state index >= 15 is 0 Å². The van der Waals surface area contributed by atoms with Crippen LogP contribution in [0.3, 0.4) is 0 Å². The van der Waals surface area contributed by atoms with Crippen molar-refractivity contribution in [1.82, 2.24) is 4.90 Å². The predicted molar refractivity (Wildman–Crippen MR) is 80.6 cm³/mol. The summed E-state index contributed by atoms with van der Waals surface area (Å²) in [6.45, 7) is 3.22. The third-order valence-electron chi connectivity index (χ3n) is 6.37. The van der Waals surface area contributed by atoms with Crippen LogP contribution in [-0.2, 0) is 11.8 Å². The number of piperidine rings is 1. The fraction of sp³-hybridized carbons (Fsp3) is 0.556. The van der Waals surface area contributed by atoms with E-state index in [2.05, 4.69) is 37.1 Å². The van der Waals surface area contributed by atoms with Crippen LogP contribution in [0.5, 0.6) is 5.75 Å². The highest BCUT2D eigenvalue weighted by molar-refractivity contribution is 5.59. The summed E-state index contributed by atoms with van der Waals surface area (Å²) in [5.41, 5.74) is 4.07. The van der Waals surface area contributed by atoms with E-state index in [0.717, 1.165) is 25.1 Å². The number of rotatable bonds is 0. The Morgan fingerprint density at radius 3 is 3.05 bits per heavy atom. The Bertz CT molecular complexity index is 667. The van der Waals surface area contributed by atoms with Crippen LogP contribution < -0.4 is 4.74 Å². The van der Waals surface area contributed by atoms with Crippen LogP contribution in [0.15, 0.2) is 24.3 Å². The number of benzene rings is 1. The predicted octanol–water partition coefficient (Wildman–Crippen LogP) is 1.80. The van der Waals surface area contributed by atoms with E-state index < -0.39 is 6.10 Å². The maximum Gasteiger partial charge on any atom is 0.138 e. The lowest BCUT2D eigenvalue weighted by atomic mass is 9.53. The first kappa shape index (κ1) is 12.2. The molecule has 1 aromatic rings. The molecular formula is C18H21NO2. The van der Waals surface area contributed by atoms with Gasteiger partial charge in [0.15, 0.2) is 0 Å². The molecular weight excluding hydrogens is 262 g/mol. The van der Waals surface area contributed by atoms with Gasteiger partial charge in [-0.1, -0.05) is 24.3 Å². The lowest BCUT2D eigenvalue weighted by molar-refractivity contribution is -0.0451. The zero-order valence-corrected chi connectivity index (χ0v) is 12.5. The van der Waals surface area contributed by atoms with Crippen molar-refractivity contribution in [3.8, 4) is 5.75 Å². The van der Waals surface area contributed by atoms with E-state index in [1.165, 1.54) is 16.7 Å². The molecule has 1 fully saturated rings. The fourth-order valence-corrected chi connectivity index (χ4v) is 5.39. The van der Waals surface area contributed by atoms with Gasteiger partial charge in [-0.05, 0) is 44.5 Å². The summed E-state index contributed by atoms with van der Waals surface area (Å²) < 4.78 is 6.34. The first-order valence-electron chi connectivity index (χ1n) is 7.99. The van der Waals surface area contributed by atoms with Crippen molar-refractivity contribution in [1.29, 1.82) is 0 Å². The largest absolute Gasteiger partial charge is 0.486 e. The number of nitrogens with zero attached hydrogens (tertiary/aromatic N) is 1. The molecule has 1 N–H and O–H groups in total. The van der Waals surface area contributed by atoms with Gasteiger partial charge in [0, 0.05) is 22.9 Å². The van der Waals surface area contributed by atoms with Crippen LogP contribution in [0.2, 0.25) is 0 Å². The third kappa shape index (κ3) is 1.24. The Morgan fingerprint density at radius 2 is 2.19 bits per heavy atom. The summed E-state index contributed by atoms with van der Waals surface area (Å²) in [4.78, 5) is 2.50. The van der Waals surface area contributed by atoms with Crippen molar-refractivity contribution >= 4 is 0 Å². The quantitative estimate of drug-likeness (QED) is 0.737. The zero-order valence-electron chi connectivity index (χ0n) is 12.5. The van der Waals surface area contributed by atoms with Crippen molar-refractivity contribution < 1.29 is 9.84 Å². The van der Waals surface area contributed by atoms with E-state index in [-0.39, 0.29) is 11.5 Å². The molecule has 2 bridgehead atoms. The highest BCUT2D eigenvalue weighted by Gasteiger charge is 2.63. The highest BCUT2D eigenvalue weighted by atomic mass is 16.5. The number of aryl methyl sites for hydroxylation is 1. The molecule has 2 heterocycles. The molecule has 110 valence electrons. The first-order chi connectivity index (χ1) is 10.1. The molecule has 1 saturated heterocycles. The number of hydrogen-bond donors (Lipinski definition) is 1. The zero-order chi connectivity index (χ0) is 14.4. The van der Waals surface area contributed by atoms with Gasteiger partial charge in [0.05, 0.1) is 0 Å². The maximum absolute atomic E-state index is 10.5. The second kappa shape index (κ2) is 3.71. The van der Waals surface area contributed by atoms with Crippen LogP contribution in [0, 0.1) is 12.8 Å². The van der Waals surface area contributed by atoms with Crippen molar-refractivity contribution in [2.75, 3.05) is 13.6 Å². The average molecular weight is 283 g/mol. The van der Waals surface area contributed by atoms with Crippen molar-refractivity contribution in [2.24, 2.45) is 5.92 Å². The van der Waals surface area contributed by atoms with Crippen LogP contribution in [0.1, 0.15) is 23.1 Å². The van der Waals surface area contributed by atoms with Gasteiger partial charge in [-0.25, -0.2) is 0 Å². The number of likely N-dealkylation sites (N-methyl/N-ethyl adjacent to an activating group) is 1. The molecule has 0 aromatic heterocycles. The van der Waals surface area contributed by atoms with E-state index in [9.17, 15) is 5.11 Å². The Hall–Kier alpha value is -1.32. The summed E-state index contributed by atoms with van der Waals surface area (Å²) >= 11 is 0. The normalized spacial score (nSPS) is 42.6. The monoisotopic (exact) mass is 283 g/mol. The molecule has 5 atom stereocenters. The molecule has 1 aromatic carbocycles. The minimum Gasteiger partial charge on any atom is -0.486 e. The minimum atomic E-state index is -0.483. The smallest absolute Gasteiger partial charge is 0.138 e. The lowest BCUT2D eigenvalue weighted by Gasteiger charge is -2.56. The van der Waals surface area contributed by atoms with Crippen molar-refractivity contribution in [2.45, 2.75) is 43.4 Å². The van der Waals surface area contributed by atoms with Crippen LogP contribution in [0.25, 0.3) is 0 Å². The minimum absolute atomic E-state index is 0.000278. The molecule has 0 amide bonds. The average Bonchev–Trinajstić information content (AvgIpc) is 2.83. The van der Waals surface area contributed by atoms with Gasteiger partial charge in [-0.3, -0.25) is 0 Å². The fourth-order valence-electron chi connectivity index (χ4n) is 5.39. The molecule has 0 saturated carbocycles. The summed E-state index contributed by atoms with van der Waals surface area (Å²) in [5.74, 6) is 1.54. The number of ether oxygens (including phenoxy) is 1.